The number of rotatable bonds is 6. The van der Waals surface area contributed by atoms with Gasteiger partial charge in [0, 0.05) is 25.5 Å². The van der Waals surface area contributed by atoms with Gasteiger partial charge in [0.05, 0.1) is 12.3 Å². The Kier molecular flexibility index (Phi) is 4.21. The monoisotopic (exact) mass is 263 g/mol. The van der Waals surface area contributed by atoms with Gasteiger partial charge in [0.2, 0.25) is 0 Å². The Morgan fingerprint density at radius 2 is 2.16 bits per heavy atom. The second-order valence-electron chi connectivity index (χ2n) is 4.86. The third kappa shape index (κ3) is 3.14. The lowest BCUT2D eigenvalue weighted by Gasteiger charge is -2.16. The zero-order chi connectivity index (χ0) is 13.8. The van der Waals surface area contributed by atoms with Gasteiger partial charge in [0.25, 0.3) is 0 Å². The number of fused-ring (bicyclic) bond motifs is 1. The first-order chi connectivity index (χ1) is 9.11. The van der Waals surface area contributed by atoms with Crippen LogP contribution in [0, 0.1) is 5.92 Å². The summed E-state index contributed by atoms with van der Waals surface area (Å²) in [7, 11) is 0. The molecule has 1 unspecified atom stereocenters. The van der Waals surface area contributed by atoms with Crippen LogP contribution in [0.4, 0.5) is 11.6 Å². The SMILES string of the molecule is CCNc1cn2ccnc2c(NCC(O)C(C)C)n1. The van der Waals surface area contributed by atoms with Crippen LogP contribution in [0.2, 0.25) is 0 Å². The average Bonchev–Trinajstić information content (AvgIpc) is 2.84. The van der Waals surface area contributed by atoms with Crippen LogP contribution in [0.15, 0.2) is 18.6 Å². The molecule has 0 bridgehead atoms. The van der Waals surface area contributed by atoms with Gasteiger partial charge in [-0.05, 0) is 12.8 Å². The van der Waals surface area contributed by atoms with E-state index in [1.807, 2.05) is 37.6 Å². The summed E-state index contributed by atoms with van der Waals surface area (Å²) in [5, 5.41) is 16.2. The molecule has 104 valence electrons. The Morgan fingerprint density at radius 3 is 2.84 bits per heavy atom. The summed E-state index contributed by atoms with van der Waals surface area (Å²) in [5.74, 6) is 1.68. The number of anilines is 2. The summed E-state index contributed by atoms with van der Waals surface area (Å²) in [5.41, 5.74) is 0.762. The molecule has 0 saturated heterocycles. The Morgan fingerprint density at radius 1 is 1.37 bits per heavy atom. The molecule has 6 nitrogen and oxygen atoms in total. The van der Waals surface area contributed by atoms with E-state index >= 15 is 0 Å². The maximum atomic E-state index is 9.85. The van der Waals surface area contributed by atoms with Crippen molar-refractivity contribution in [1.82, 2.24) is 14.4 Å². The smallest absolute Gasteiger partial charge is 0.180 e. The molecule has 0 radical (unpaired) electrons. The largest absolute Gasteiger partial charge is 0.391 e. The van der Waals surface area contributed by atoms with Gasteiger partial charge in [0.15, 0.2) is 11.5 Å². The predicted octanol–water partition coefficient (Wildman–Crippen LogP) is 1.59. The fourth-order valence-electron chi connectivity index (χ4n) is 1.75. The van der Waals surface area contributed by atoms with E-state index in [0.717, 1.165) is 18.0 Å². The molecule has 0 aliphatic carbocycles. The molecule has 0 fully saturated rings. The van der Waals surface area contributed by atoms with Crippen LogP contribution < -0.4 is 10.6 Å². The maximum Gasteiger partial charge on any atom is 0.180 e. The first-order valence-electron chi connectivity index (χ1n) is 6.61. The van der Waals surface area contributed by atoms with Gasteiger partial charge in [0.1, 0.15) is 5.82 Å². The van der Waals surface area contributed by atoms with Gasteiger partial charge in [-0.15, -0.1) is 0 Å². The number of aromatic nitrogens is 3. The van der Waals surface area contributed by atoms with Gasteiger partial charge in [-0.3, -0.25) is 0 Å². The number of aliphatic hydroxyl groups is 1. The lowest BCUT2D eigenvalue weighted by atomic mass is 10.1. The quantitative estimate of drug-likeness (QED) is 0.738. The summed E-state index contributed by atoms with van der Waals surface area (Å²) >= 11 is 0. The van der Waals surface area contributed by atoms with Crippen molar-refractivity contribution in [3.05, 3.63) is 18.6 Å². The number of hydrogen-bond acceptors (Lipinski definition) is 5. The third-order valence-corrected chi connectivity index (χ3v) is 2.98. The Balaban J connectivity index is 2.22. The van der Waals surface area contributed by atoms with Crippen molar-refractivity contribution in [2.24, 2.45) is 5.92 Å². The molecule has 2 rings (SSSR count). The van der Waals surface area contributed by atoms with Gasteiger partial charge in [-0.1, -0.05) is 13.8 Å². The molecule has 2 aromatic heterocycles. The molecule has 0 saturated carbocycles. The van der Waals surface area contributed by atoms with E-state index in [4.69, 9.17) is 0 Å². The number of hydrogen-bond donors (Lipinski definition) is 3. The Labute approximate surface area is 112 Å². The summed E-state index contributed by atoms with van der Waals surface area (Å²) in [6.45, 7) is 7.26. The van der Waals surface area contributed by atoms with Crippen molar-refractivity contribution in [2.45, 2.75) is 26.9 Å². The molecule has 1 atom stereocenters. The molecule has 19 heavy (non-hydrogen) atoms. The van der Waals surface area contributed by atoms with E-state index in [9.17, 15) is 5.11 Å². The van der Waals surface area contributed by atoms with Gasteiger partial charge >= 0.3 is 0 Å². The van der Waals surface area contributed by atoms with Gasteiger partial charge in [-0.2, -0.15) is 0 Å². The number of nitrogens with zero attached hydrogens (tertiary/aromatic N) is 3. The Bertz CT molecular complexity index is 537. The highest BCUT2D eigenvalue weighted by atomic mass is 16.3. The standard InChI is InChI=1S/C13H21N5O/c1-4-14-11-8-18-6-5-15-13(18)12(17-11)16-7-10(19)9(2)3/h5-6,8-10,14,19H,4,7H2,1-3H3,(H,16,17). The van der Waals surface area contributed by atoms with Crippen LogP contribution in [0.25, 0.3) is 5.65 Å². The molecule has 2 heterocycles. The van der Waals surface area contributed by atoms with E-state index in [1.54, 1.807) is 6.20 Å². The molecule has 2 aromatic rings. The van der Waals surface area contributed by atoms with Crippen molar-refractivity contribution < 1.29 is 5.11 Å². The average molecular weight is 263 g/mol. The topological polar surface area (TPSA) is 74.5 Å². The van der Waals surface area contributed by atoms with Crippen molar-refractivity contribution in [3.8, 4) is 0 Å². The van der Waals surface area contributed by atoms with Gasteiger partial charge < -0.3 is 20.1 Å². The van der Waals surface area contributed by atoms with Crippen LogP contribution >= 0.6 is 0 Å². The van der Waals surface area contributed by atoms with Crippen LogP contribution in [0.3, 0.4) is 0 Å². The normalized spacial score (nSPS) is 12.9. The fraction of sp³-hybridized carbons (Fsp3) is 0.538. The summed E-state index contributed by atoms with van der Waals surface area (Å²) in [6.07, 6.45) is 5.11. The van der Waals surface area contributed by atoms with Crippen molar-refractivity contribution in [1.29, 1.82) is 0 Å². The summed E-state index contributed by atoms with van der Waals surface area (Å²) < 4.78 is 1.91. The molecule has 3 N–H and O–H groups in total. The summed E-state index contributed by atoms with van der Waals surface area (Å²) in [6, 6.07) is 0. The molecule has 0 aliphatic heterocycles. The Hall–Kier alpha value is -1.82. The van der Waals surface area contributed by atoms with Crippen molar-refractivity contribution >= 4 is 17.3 Å². The minimum Gasteiger partial charge on any atom is -0.391 e. The van der Waals surface area contributed by atoms with Crippen LogP contribution in [-0.2, 0) is 0 Å². The molecular formula is C13H21N5O. The van der Waals surface area contributed by atoms with E-state index in [2.05, 4.69) is 20.6 Å². The lowest BCUT2D eigenvalue weighted by molar-refractivity contribution is 0.138. The minimum absolute atomic E-state index is 0.209. The second-order valence-corrected chi connectivity index (χ2v) is 4.86. The van der Waals surface area contributed by atoms with Crippen LogP contribution in [-0.4, -0.2) is 38.7 Å². The van der Waals surface area contributed by atoms with E-state index in [0.29, 0.717) is 12.4 Å². The number of imidazole rings is 1. The number of aliphatic hydroxyl groups excluding tert-OH is 1. The van der Waals surface area contributed by atoms with Crippen molar-refractivity contribution in [3.63, 3.8) is 0 Å². The lowest BCUT2D eigenvalue weighted by Crippen LogP contribution is -2.25. The highest BCUT2D eigenvalue weighted by molar-refractivity contribution is 5.65. The van der Waals surface area contributed by atoms with E-state index in [-0.39, 0.29) is 5.92 Å². The molecular weight excluding hydrogens is 242 g/mol. The zero-order valence-electron chi connectivity index (χ0n) is 11.6. The van der Waals surface area contributed by atoms with E-state index in [1.165, 1.54) is 0 Å². The predicted molar refractivity (Wildman–Crippen MR) is 76.5 cm³/mol. The van der Waals surface area contributed by atoms with Crippen LogP contribution in [0.5, 0.6) is 0 Å². The molecule has 0 aromatic carbocycles. The first-order valence-corrected chi connectivity index (χ1v) is 6.61. The zero-order valence-corrected chi connectivity index (χ0v) is 11.6. The molecule has 0 spiro atoms. The van der Waals surface area contributed by atoms with Crippen molar-refractivity contribution in [2.75, 3.05) is 23.7 Å². The first kappa shape index (κ1) is 13.6. The van der Waals surface area contributed by atoms with Gasteiger partial charge in [-0.25, -0.2) is 9.97 Å². The fourth-order valence-corrected chi connectivity index (χ4v) is 1.75. The molecule has 6 heteroatoms. The minimum atomic E-state index is -0.403. The molecule has 0 aliphatic rings. The van der Waals surface area contributed by atoms with Crippen LogP contribution in [0.1, 0.15) is 20.8 Å². The number of nitrogens with one attached hydrogen (secondary N) is 2. The second kappa shape index (κ2) is 5.88. The highest BCUT2D eigenvalue weighted by Gasteiger charge is 2.12. The summed E-state index contributed by atoms with van der Waals surface area (Å²) in [4.78, 5) is 8.75. The van der Waals surface area contributed by atoms with E-state index < -0.39 is 6.10 Å². The third-order valence-electron chi connectivity index (χ3n) is 2.98. The molecule has 0 amide bonds. The maximum absolute atomic E-state index is 9.85. The highest BCUT2D eigenvalue weighted by Crippen LogP contribution is 2.16.